The number of aryl methyl sites for hydroxylation is 1. The van der Waals surface area contributed by atoms with E-state index in [2.05, 4.69) is 15.0 Å². The highest BCUT2D eigenvalue weighted by Gasteiger charge is 2.17. The molecule has 0 radical (unpaired) electrons. The number of pyridine rings is 1. The van der Waals surface area contributed by atoms with Crippen LogP contribution in [0.5, 0.6) is 0 Å². The molecule has 0 aliphatic carbocycles. The third kappa shape index (κ3) is 2.51. The van der Waals surface area contributed by atoms with Crippen LogP contribution in [0.4, 0.5) is 5.82 Å². The van der Waals surface area contributed by atoms with Crippen LogP contribution in [0.15, 0.2) is 24.7 Å². The largest absolute Gasteiger partial charge is 0.383 e. The fourth-order valence-corrected chi connectivity index (χ4v) is 1.53. The molecule has 0 aliphatic heterocycles. The SMILES string of the molecule is Cc1cnc(C(O)c2cc(Cl)cnc2N)nc1. The molecule has 0 spiro atoms. The lowest BCUT2D eigenvalue weighted by Crippen LogP contribution is -2.09. The maximum atomic E-state index is 10.1. The van der Waals surface area contributed by atoms with Crippen molar-refractivity contribution in [3.63, 3.8) is 0 Å². The summed E-state index contributed by atoms with van der Waals surface area (Å²) in [6.45, 7) is 1.87. The lowest BCUT2D eigenvalue weighted by molar-refractivity contribution is 0.210. The molecule has 2 rings (SSSR count). The highest BCUT2D eigenvalue weighted by atomic mass is 35.5. The predicted octanol–water partition coefficient (Wildman–Crippen LogP) is 1.50. The fourth-order valence-electron chi connectivity index (χ4n) is 1.37. The Kier molecular flexibility index (Phi) is 3.21. The van der Waals surface area contributed by atoms with Crippen LogP contribution >= 0.6 is 11.6 Å². The number of halogens is 1. The minimum Gasteiger partial charge on any atom is -0.383 e. The Hall–Kier alpha value is -1.72. The van der Waals surface area contributed by atoms with E-state index in [0.29, 0.717) is 10.6 Å². The topological polar surface area (TPSA) is 84.9 Å². The quantitative estimate of drug-likeness (QED) is 0.844. The van der Waals surface area contributed by atoms with Crippen molar-refractivity contribution in [2.75, 3.05) is 5.73 Å². The molecular weight excluding hydrogens is 240 g/mol. The van der Waals surface area contributed by atoms with Gasteiger partial charge in [-0.15, -0.1) is 0 Å². The first-order valence-corrected chi connectivity index (χ1v) is 5.33. The first-order valence-electron chi connectivity index (χ1n) is 4.95. The van der Waals surface area contributed by atoms with Gasteiger partial charge in [0.25, 0.3) is 0 Å². The van der Waals surface area contributed by atoms with Crippen LogP contribution in [-0.2, 0) is 0 Å². The number of hydrogen-bond acceptors (Lipinski definition) is 5. The van der Waals surface area contributed by atoms with Gasteiger partial charge in [-0.05, 0) is 18.6 Å². The lowest BCUT2D eigenvalue weighted by atomic mass is 10.1. The number of nitrogen functional groups attached to an aromatic ring is 1. The normalized spacial score (nSPS) is 12.4. The Bertz CT molecular complexity index is 529. The fraction of sp³-hybridized carbons (Fsp3) is 0.182. The molecule has 0 saturated carbocycles. The van der Waals surface area contributed by atoms with Crippen LogP contribution in [0.3, 0.4) is 0 Å². The molecule has 88 valence electrons. The molecule has 2 aromatic rings. The molecular formula is C11H11ClN4O. The van der Waals surface area contributed by atoms with E-state index in [1.165, 1.54) is 6.20 Å². The van der Waals surface area contributed by atoms with Crippen LogP contribution in [0, 0.1) is 6.92 Å². The summed E-state index contributed by atoms with van der Waals surface area (Å²) in [5.41, 5.74) is 6.99. The number of nitrogens with zero attached hydrogens (tertiary/aromatic N) is 3. The van der Waals surface area contributed by atoms with Gasteiger partial charge in [0, 0.05) is 24.2 Å². The number of hydrogen-bond donors (Lipinski definition) is 2. The van der Waals surface area contributed by atoms with E-state index in [1.54, 1.807) is 18.5 Å². The molecule has 0 bridgehead atoms. The van der Waals surface area contributed by atoms with Crippen LogP contribution in [0.25, 0.3) is 0 Å². The average molecular weight is 251 g/mol. The molecule has 0 aliphatic rings. The molecule has 1 atom stereocenters. The summed E-state index contributed by atoms with van der Waals surface area (Å²) in [5, 5.41) is 10.5. The standard InChI is InChI=1S/C11H11ClN4O/c1-6-3-15-11(16-4-6)9(17)8-2-7(12)5-14-10(8)13/h2-5,9,17H,1H3,(H2,13,14). The first kappa shape index (κ1) is 11.8. The van der Waals surface area contributed by atoms with Gasteiger partial charge in [-0.3, -0.25) is 0 Å². The summed E-state index contributed by atoms with van der Waals surface area (Å²) < 4.78 is 0. The predicted molar refractivity (Wildman–Crippen MR) is 64.5 cm³/mol. The number of rotatable bonds is 2. The van der Waals surface area contributed by atoms with Crippen molar-refractivity contribution >= 4 is 17.4 Å². The molecule has 2 heterocycles. The molecule has 0 amide bonds. The van der Waals surface area contributed by atoms with Crippen molar-refractivity contribution < 1.29 is 5.11 Å². The van der Waals surface area contributed by atoms with Gasteiger partial charge in [0.15, 0.2) is 5.82 Å². The smallest absolute Gasteiger partial charge is 0.161 e. The number of anilines is 1. The summed E-state index contributed by atoms with van der Waals surface area (Å²) in [5.74, 6) is 0.484. The molecule has 5 nitrogen and oxygen atoms in total. The van der Waals surface area contributed by atoms with Crippen LogP contribution < -0.4 is 5.73 Å². The van der Waals surface area contributed by atoms with E-state index < -0.39 is 6.10 Å². The van der Waals surface area contributed by atoms with Crippen LogP contribution in [0.1, 0.15) is 23.1 Å². The van der Waals surface area contributed by atoms with Crippen LogP contribution in [-0.4, -0.2) is 20.1 Å². The summed E-state index contributed by atoms with van der Waals surface area (Å²) in [4.78, 5) is 11.9. The van der Waals surface area contributed by atoms with E-state index in [9.17, 15) is 5.11 Å². The third-order valence-electron chi connectivity index (χ3n) is 2.26. The molecule has 0 saturated heterocycles. The zero-order valence-corrected chi connectivity index (χ0v) is 9.89. The molecule has 2 aromatic heterocycles. The van der Waals surface area contributed by atoms with E-state index in [1.807, 2.05) is 6.92 Å². The molecule has 6 heteroatoms. The number of aliphatic hydroxyl groups excluding tert-OH is 1. The average Bonchev–Trinajstić information content (AvgIpc) is 2.32. The second-order valence-corrected chi connectivity index (χ2v) is 4.09. The van der Waals surface area contributed by atoms with Crippen molar-refractivity contribution in [1.82, 2.24) is 15.0 Å². The van der Waals surface area contributed by atoms with Gasteiger partial charge < -0.3 is 10.8 Å². The monoisotopic (exact) mass is 250 g/mol. The second-order valence-electron chi connectivity index (χ2n) is 3.65. The Morgan fingerprint density at radius 1 is 1.24 bits per heavy atom. The third-order valence-corrected chi connectivity index (χ3v) is 2.46. The molecule has 17 heavy (non-hydrogen) atoms. The minimum atomic E-state index is -1.03. The Morgan fingerprint density at radius 2 is 1.88 bits per heavy atom. The van der Waals surface area contributed by atoms with Crippen molar-refractivity contribution in [1.29, 1.82) is 0 Å². The molecule has 1 unspecified atom stereocenters. The lowest BCUT2D eigenvalue weighted by Gasteiger charge is -2.11. The number of nitrogens with two attached hydrogens (primary N) is 1. The minimum absolute atomic E-state index is 0.214. The molecule has 0 aromatic carbocycles. The summed E-state index contributed by atoms with van der Waals surface area (Å²) in [6.07, 6.45) is 3.64. The summed E-state index contributed by atoms with van der Waals surface area (Å²) >= 11 is 5.80. The Labute approximate surface area is 103 Å². The van der Waals surface area contributed by atoms with Gasteiger partial charge in [-0.2, -0.15) is 0 Å². The van der Waals surface area contributed by atoms with E-state index >= 15 is 0 Å². The van der Waals surface area contributed by atoms with E-state index in [0.717, 1.165) is 5.56 Å². The zero-order chi connectivity index (χ0) is 12.4. The van der Waals surface area contributed by atoms with Crippen molar-refractivity contribution in [2.24, 2.45) is 0 Å². The first-order chi connectivity index (χ1) is 8.08. The van der Waals surface area contributed by atoms with Gasteiger partial charge in [-0.1, -0.05) is 11.6 Å². The highest BCUT2D eigenvalue weighted by Crippen LogP contribution is 2.25. The maximum absolute atomic E-state index is 10.1. The van der Waals surface area contributed by atoms with Crippen molar-refractivity contribution in [2.45, 2.75) is 13.0 Å². The zero-order valence-electron chi connectivity index (χ0n) is 9.13. The summed E-state index contributed by atoms with van der Waals surface area (Å²) in [6, 6.07) is 1.55. The Morgan fingerprint density at radius 3 is 2.53 bits per heavy atom. The second kappa shape index (κ2) is 4.65. The van der Waals surface area contributed by atoms with Crippen molar-refractivity contribution in [3.05, 3.63) is 46.6 Å². The van der Waals surface area contributed by atoms with Gasteiger partial charge >= 0.3 is 0 Å². The maximum Gasteiger partial charge on any atom is 0.161 e. The van der Waals surface area contributed by atoms with E-state index in [4.69, 9.17) is 17.3 Å². The number of aliphatic hydroxyl groups is 1. The van der Waals surface area contributed by atoms with E-state index in [-0.39, 0.29) is 11.6 Å². The van der Waals surface area contributed by atoms with Gasteiger partial charge in [-0.25, -0.2) is 15.0 Å². The van der Waals surface area contributed by atoms with Gasteiger partial charge in [0.2, 0.25) is 0 Å². The van der Waals surface area contributed by atoms with Gasteiger partial charge in [0.1, 0.15) is 11.9 Å². The summed E-state index contributed by atoms with van der Waals surface area (Å²) in [7, 11) is 0. The highest BCUT2D eigenvalue weighted by molar-refractivity contribution is 6.30. The van der Waals surface area contributed by atoms with Gasteiger partial charge in [0.05, 0.1) is 5.02 Å². The molecule has 3 N–H and O–H groups in total. The molecule has 0 fully saturated rings. The van der Waals surface area contributed by atoms with Crippen molar-refractivity contribution in [3.8, 4) is 0 Å². The Balaban J connectivity index is 2.39. The number of aromatic nitrogens is 3. The van der Waals surface area contributed by atoms with Crippen LogP contribution in [0.2, 0.25) is 5.02 Å².